The van der Waals surface area contributed by atoms with Gasteiger partial charge in [0.25, 0.3) is 0 Å². The number of rotatable bonds is 6. The summed E-state index contributed by atoms with van der Waals surface area (Å²) in [5.74, 6) is 0.568. The number of nitrogens with one attached hydrogen (secondary N) is 1. The highest BCUT2D eigenvalue weighted by molar-refractivity contribution is 7.98. The van der Waals surface area contributed by atoms with E-state index in [2.05, 4.69) is 26.3 Å². The largest absolute Gasteiger partial charge is 0.368 e. The van der Waals surface area contributed by atoms with Gasteiger partial charge in [0.1, 0.15) is 17.5 Å². The van der Waals surface area contributed by atoms with E-state index in [0.717, 1.165) is 12.1 Å². The molecule has 0 aliphatic rings. The van der Waals surface area contributed by atoms with Crippen LogP contribution in [0.3, 0.4) is 0 Å². The van der Waals surface area contributed by atoms with Crippen LogP contribution in [0.5, 0.6) is 0 Å². The van der Waals surface area contributed by atoms with Crippen molar-refractivity contribution in [1.29, 1.82) is 5.26 Å². The second-order valence-corrected chi connectivity index (χ2v) is 6.34. The summed E-state index contributed by atoms with van der Waals surface area (Å²) in [6, 6.07) is 9.52. The highest BCUT2D eigenvalue weighted by Gasteiger charge is 2.15. The molecule has 7 heteroatoms. The van der Waals surface area contributed by atoms with Gasteiger partial charge in [0.2, 0.25) is 0 Å². The average Bonchev–Trinajstić information content (AvgIpc) is 2.54. The van der Waals surface area contributed by atoms with Crippen LogP contribution in [0.4, 0.5) is 5.82 Å². The van der Waals surface area contributed by atoms with Crippen molar-refractivity contribution in [3.8, 4) is 17.3 Å². The summed E-state index contributed by atoms with van der Waals surface area (Å²) in [6.45, 7) is 1.55. The quantitative estimate of drug-likeness (QED) is 0.638. The maximum absolute atomic E-state index is 9.57. The fraction of sp³-hybridized carbons (Fsp3) is 0.312. The lowest BCUT2D eigenvalue weighted by atomic mass is 10.1. The third-order valence-electron chi connectivity index (χ3n) is 3.15. The first kappa shape index (κ1) is 17.5. The van der Waals surface area contributed by atoms with Crippen molar-refractivity contribution in [2.45, 2.75) is 5.16 Å². The van der Waals surface area contributed by atoms with Gasteiger partial charge < -0.3 is 10.2 Å². The summed E-state index contributed by atoms with van der Waals surface area (Å²) in [6.07, 6.45) is 1.91. The summed E-state index contributed by atoms with van der Waals surface area (Å²) in [7, 11) is 4.00. The molecule has 120 valence electrons. The number of nitrogens with zero attached hydrogens (tertiary/aromatic N) is 4. The molecular weight excluding hydrogens is 330 g/mol. The maximum atomic E-state index is 9.57. The van der Waals surface area contributed by atoms with E-state index in [1.165, 1.54) is 11.8 Å². The molecule has 1 N–H and O–H groups in total. The van der Waals surface area contributed by atoms with Gasteiger partial charge in [-0.1, -0.05) is 35.5 Å². The topological polar surface area (TPSA) is 64.8 Å². The van der Waals surface area contributed by atoms with Crippen molar-refractivity contribution >= 4 is 29.2 Å². The van der Waals surface area contributed by atoms with E-state index in [1.807, 2.05) is 32.5 Å². The molecule has 0 fully saturated rings. The van der Waals surface area contributed by atoms with E-state index in [4.69, 9.17) is 11.6 Å². The first-order chi connectivity index (χ1) is 11.0. The lowest BCUT2D eigenvalue weighted by Gasteiger charge is -2.14. The molecular formula is C16H18ClN5S. The van der Waals surface area contributed by atoms with Crippen LogP contribution in [0, 0.1) is 11.3 Å². The minimum Gasteiger partial charge on any atom is -0.368 e. The van der Waals surface area contributed by atoms with E-state index in [9.17, 15) is 5.26 Å². The van der Waals surface area contributed by atoms with Gasteiger partial charge in [-0.3, -0.25) is 0 Å². The molecule has 0 amide bonds. The number of thioether (sulfide) groups is 1. The molecule has 0 saturated carbocycles. The molecule has 0 atom stereocenters. The molecule has 1 aromatic heterocycles. The van der Waals surface area contributed by atoms with Crippen LogP contribution < -0.4 is 5.32 Å². The molecule has 0 spiro atoms. The Kier molecular flexibility index (Phi) is 6.22. The fourth-order valence-electron chi connectivity index (χ4n) is 1.98. The standard InChI is InChI=1S/C16H18ClN5S/c1-22(2)9-8-19-15-13(10-18)14(20-16(21-15)23-3)11-4-6-12(17)7-5-11/h4-7H,8-9H2,1-3H3,(H,19,20,21). The van der Waals surface area contributed by atoms with Crippen molar-refractivity contribution < 1.29 is 0 Å². The number of hydrogen-bond donors (Lipinski definition) is 1. The van der Waals surface area contributed by atoms with Gasteiger partial charge in [-0.2, -0.15) is 5.26 Å². The predicted molar refractivity (Wildman–Crippen MR) is 96.0 cm³/mol. The van der Waals surface area contributed by atoms with Crippen LogP contribution in [0.2, 0.25) is 5.02 Å². The number of aromatic nitrogens is 2. The summed E-state index contributed by atoms with van der Waals surface area (Å²) < 4.78 is 0. The predicted octanol–water partition coefficient (Wildman–Crippen LogP) is 3.36. The average molecular weight is 348 g/mol. The van der Waals surface area contributed by atoms with Gasteiger partial charge in [-0.25, -0.2) is 9.97 Å². The Balaban J connectivity index is 2.44. The van der Waals surface area contributed by atoms with Crippen LogP contribution in [0.25, 0.3) is 11.3 Å². The first-order valence-corrected chi connectivity index (χ1v) is 8.66. The second kappa shape index (κ2) is 8.16. The monoisotopic (exact) mass is 347 g/mol. The Hall–Kier alpha value is -1.81. The third-order valence-corrected chi connectivity index (χ3v) is 3.95. The van der Waals surface area contributed by atoms with Crippen LogP contribution >= 0.6 is 23.4 Å². The zero-order valence-corrected chi connectivity index (χ0v) is 14.9. The lowest BCUT2D eigenvalue weighted by molar-refractivity contribution is 0.425. The summed E-state index contributed by atoms with van der Waals surface area (Å²) >= 11 is 7.39. The van der Waals surface area contributed by atoms with Crippen LogP contribution in [0.1, 0.15) is 5.56 Å². The smallest absolute Gasteiger partial charge is 0.189 e. The van der Waals surface area contributed by atoms with E-state index < -0.39 is 0 Å². The molecule has 0 radical (unpaired) electrons. The minimum absolute atomic E-state index is 0.448. The van der Waals surface area contributed by atoms with Crippen molar-refractivity contribution in [3.63, 3.8) is 0 Å². The maximum Gasteiger partial charge on any atom is 0.189 e. The van der Waals surface area contributed by atoms with Gasteiger partial charge in [0, 0.05) is 23.7 Å². The normalized spacial score (nSPS) is 10.6. The van der Waals surface area contributed by atoms with Crippen molar-refractivity contribution in [3.05, 3.63) is 34.9 Å². The number of nitriles is 1. The van der Waals surface area contributed by atoms with Gasteiger partial charge in [-0.15, -0.1) is 0 Å². The highest BCUT2D eigenvalue weighted by Crippen LogP contribution is 2.29. The zero-order valence-electron chi connectivity index (χ0n) is 13.3. The van der Waals surface area contributed by atoms with Crippen LogP contribution in [0.15, 0.2) is 29.4 Å². The van der Waals surface area contributed by atoms with E-state index >= 15 is 0 Å². The van der Waals surface area contributed by atoms with E-state index in [0.29, 0.717) is 33.8 Å². The van der Waals surface area contributed by atoms with Gasteiger partial charge >= 0.3 is 0 Å². The summed E-state index contributed by atoms with van der Waals surface area (Å²) in [5, 5.41) is 14.1. The lowest BCUT2D eigenvalue weighted by Crippen LogP contribution is -2.21. The minimum atomic E-state index is 0.448. The molecule has 0 unspecified atom stereocenters. The van der Waals surface area contributed by atoms with E-state index in [-0.39, 0.29) is 0 Å². The van der Waals surface area contributed by atoms with Crippen LogP contribution in [-0.4, -0.2) is 48.3 Å². The molecule has 2 aromatic rings. The Bertz CT molecular complexity index is 710. The zero-order chi connectivity index (χ0) is 16.8. The van der Waals surface area contributed by atoms with Gasteiger partial charge in [0.05, 0.1) is 5.69 Å². The molecule has 0 saturated heterocycles. The Morgan fingerprint density at radius 3 is 2.52 bits per heavy atom. The number of anilines is 1. The highest BCUT2D eigenvalue weighted by atomic mass is 35.5. The molecule has 23 heavy (non-hydrogen) atoms. The Morgan fingerprint density at radius 2 is 1.96 bits per heavy atom. The fourth-order valence-corrected chi connectivity index (χ4v) is 2.47. The van der Waals surface area contributed by atoms with Crippen molar-refractivity contribution in [1.82, 2.24) is 14.9 Å². The SMILES string of the molecule is CSc1nc(NCCN(C)C)c(C#N)c(-c2ccc(Cl)cc2)n1. The Morgan fingerprint density at radius 1 is 1.26 bits per heavy atom. The molecule has 0 bridgehead atoms. The Labute approximate surface area is 145 Å². The molecule has 0 aliphatic carbocycles. The molecule has 0 aliphatic heterocycles. The summed E-state index contributed by atoms with van der Waals surface area (Å²) in [5.41, 5.74) is 1.92. The van der Waals surface area contributed by atoms with Crippen molar-refractivity contribution in [2.24, 2.45) is 0 Å². The molecule has 1 heterocycles. The van der Waals surface area contributed by atoms with Gasteiger partial charge in [-0.05, 0) is 32.5 Å². The summed E-state index contributed by atoms with van der Waals surface area (Å²) in [4.78, 5) is 11.0. The van der Waals surface area contributed by atoms with Crippen LogP contribution in [-0.2, 0) is 0 Å². The molecule has 1 aromatic carbocycles. The number of hydrogen-bond acceptors (Lipinski definition) is 6. The molecule has 5 nitrogen and oxygen atoms in total. The molecule has 2 rings (SSSR count). The number of benzene rings is 1. The number of likely N-dealkylation sites (N-methyl/N-ethyl adjacent to an activating group) is 1. The number of halogens is 1. The first-order valence-electron chi connectivity index (χ1n) is 7.05. The van der Waals surface area contributed by atoms with Crippen molar-refractivity contribution in [2.75, 3.05) is 38.8 Å². The van der Waals surface area contributed by atoms with Gasteiger partial charge in [0.15, 0.2) is 5.16 Å². The third kappa shape index (κ3) is 4.58. The second-order valence-electron chi connectivity index (χ2n) is 5.13. The van der Waals surface area contributed by atoms with E-state index in [1.54, 1.807) is 12.1 Å².